The minimum Gasteiger partial charge on any atom is -0.389 e. The number of nitrogens with zero attached hydrogens (tertiary/aromatic N) is 2. The van der Waals surface area contributed by atoms with E-state index in [1.165, 1.54) is 0 Å². The van der Waals surface area contributed by atoms with Crippen LogP contribution in [0.2, 0.25) is 0 Å². The molecule has 0 spiro atoms. The average Bonchev–Trinajstić information content (AvgIpc) is 3.04. The van der Waals surface area contributed by atoms with Crippen molar-refractivity contribution >= 4 is 28.1 Å². The Kier molecular flexibility index (Phi) is 3.17. The first kappa shape index (κ1) is 13.4. The molecular formula is C17H14N2O2S. The summed E-state index contributed by atoms with van der Waals surface area (Å²) < 4.78 is 0. The fourth-order valence-corrected chi connectivity index (χ4v) is 3.38. The number of carbonyl (C=O) groups excluding carboxylic acids is 1. The highest BCUT2D eigenvalue weighted by Gasteiger charge is 2.30. The van der Waals surface area contributed by atoms with Crippen LogP contribution in [0, 0.1) is 0 Å². The van der Waals surface area contributed by atoms with Crippen LogP contribution in [0.5, 0.6) is 0 Å². The fourth-order valence-electron chi connectivity index (χ4n) is 2.69. The molecule has 1 aromatic carbocycles. The molecule has 1 aliphatic heterocycles. The van der Waals surface area contributed by atoms with Gasteiger partial charge in [0, 0.05) is 18.5 Å². The summed E-state index contributed by atoms with van der Waals surface area (Å²) in [5.74, 6) is -0.0401. The van der Waals surface area contributed by atoms with E-state index in [0.29, 0.717) is 18.7 Å². The van der Waals surface area contributed by atoms with Gasteiger partial charge < -0.3 is 10.0 Å². The Morgan fingerprint density at radius 3 is 2.77 bits per heavy atom. The highest BCUT2D eigenvalue weighted by molar-refractivity contribution is 7.13. The van der Waals surface area contributed by atoms with E-state index < -0.39 is 6.10 Å². The fraction of sp³-hybridized carbons (Fsp3) is 0.176. The predicted molar refractivity (Wildman–Crippen MR) is 87.0 cm³/mol. The molecule has 0 unspecified atom stereocenters. The van der Waals surface area contributed by atoms with E-state index in [1.54, 1.807) is 16.2 Å². The van der Waals surface area contributed by atoms with Crippen LogP contribution in [0.3, 0.4) is 0 Å². The van der Waals surface area contributed by atoms with E-state index in [1.807, 2.05) is 47.8 Å². The van der Waals surface area contributed by atoms with E-state index in [-0.39, 0.29) is 5.91 Å². The number of likely N-dealkylation sites (tertiary alicyclic amines) is 1. The summed E-state index contributed by atoms with van der Waals surface area (Å²) in [6.07, 6.45) is -0.395. The topological polar surface area (TPSA) is 53.4 Å². The van der Waals surface area contributed by atoms with Crippen molar-refractivity contribution in [3.8, 4) is 10.6 Å². The van der Waals surface area contributed by atoms with Crippen LogP contribution >= 0.6 is 11.3 Å². The van der Waals surface area contributed by atoms with Gasteiger partial charge in [-0.05, 0) is 23.6 Å². The number of para-hydroxylation sites is 1. The molecule has 2 aromatic heterocycles. The second-order valence-corrected chi connectivity index (χ2v) is 6.36. The number of carbonyl (C=O) groups is 1. The Morgan fingerprint density at radius 2 is 2.05 bits per heavy atom. The average molecular weight is 310 g/mol. The first-order valence-electron chi connectivity index (χ1n) is 7.13. The summed E-state index contributed by atoms with van der Waals surface area (Å²) in [7, 11) is 0. The third-order valence-corrected chi connectivity index (χ3v) is 4.76. The van der Waals surface area contributed by atoms with Crippen molar-refractivity contribution in [2.45, 2.75) is 6.10 Å². The minimum absolute atomic E-state index is 0.0401. The summed E-state index contributed by atoms with van der Waals surface area (Å²) in [5.41, 5.74) is 2.29. The molecule has 0 atom stereocenters. The molecule has 4 nitrogen and oxygen atoms in total. The van der Waals surface area contributed by atoms with E-state index in [9.17, 15) is 9.90 Å². The van der Waals surface area contributed by atoms with E-state index in [0.717, 1.165) is 21.5 Å². The highest BCUT2D eigenvalue weighted by atomic mass is 32.1. The van der Waals surface area contributed by atoms with Crippen LogP contribution in [0.1, 0.15) is 10.4 Å². The number of fused-ring (bicyclic) bond motifs is 1. The van der Waals surface area contributed by atoms with Crippen molar-refractivity contribution in [2.24, 2.45) is 0 Å². The van der Waals surface area contributed by atoms with Crippen molar-refractivity contribution in [2.75, 3.05) is 13.1 Å². The summed E-state index contributed by atoms with van der Waals surface area (Å²) >= 11 is 1.61. The highest BCUT2D eigenvalue weighted by Crippen LogP contribution is 2.29. The third kappa shape index (κ3) is 2.19. The van der Waals surface area contributed by atoms with Gasteiger partial charge in [0.1, 0.15) is 0 Å². The number of hydrogen-bond donors (Lipinski definition) is 1. The molecule has 0 radical (unpaired) electrons. The van der Waals surface area contributed by atoms with Crippen LogP contribution < -0.4 is 0 Å². The van der Waals surface area contributed by atoms with Crippen LogP contribution in [-0.4, -0.2) is 40.1 Å². The van der Waals surface area contributed by atoms with Crippen molar-refractivity contribution in [1.82, 2.24) is 9.88 Å². The monoisotopic (exact) mass is 310 g/mol. The first-order valence-corrected chi connectivity index (χ1v) is 8.01. The van der Waals surface area contributed by atoms with Crippen molar-refractivity contribution in [3.05, 3.63) is 53.4 Å². The summed E-state index contributed by atoms with van der Waals surface area (Å²) in [4.78, 5) is 20.1. The number of thiophene rings is 1. The van der Waals surface area contributed by atoms with Crippen LogP contribution in [0.4, 0.5) is 0 Å². The molecule has 1 saturated heterocycles. The maximum atomic E-state index is 12.7. The van der Waals surface area contributed by atoms with Gasteiger partial charge in [-0.25, -0.2) is 4.98 Å². The molecule has 0 aliphatic carbocycles. The molecule has 0 bridgehead atoms. The van der Waals surface area contributed by atoms with Gasteiger partial charge >= 0.3 is 0 Å². The van der Waals surface area contributed by atoms with Crippen molar-refractivity contribution < 1.29 is 9.90 Å². The standard InChI is InChI=1S/C17H14N2O2S/c20-11-9-19(10-11)17(21)13-8-15(16-6-3-7-22-16)18-14-5-2-1-4-12(13)14/h1-8,11,20H,9-10H2. The van der Waals surface area contributed by atoms with Crippen LogP contribution in [0.25, 0.3) is 21.5 Å². The second-order valence-electron chi connectivity index (χ2n) is 5.41. The number of pyridine rings is 1. The number of aromatic nitrogens is 1. The Hall–Kier alpha value is -2.24. The number of β-amino-alcohol motifs (C(OH)–C–C–N with tert-alkyl or cyclic N) is 1. The number of aliphatic hydroxyl groups excluding tert-OH is 1. The molecule has 5 heteroatoms. The molecule has 4 rings (SSSR count). The predicted octanol–water partition coefficient (Wildman–Crippen LogP) is 2.78. The lowest BCUT2D eigenvalue weighted by molar-refractivity contribution is 0.00603. The zero-order valence-electron chi connectivity index (χ0n) is 11.8. The first-order chi connectivity index (χ1) is 10.7. The van der Waals surface area contributed by atoms with Crippen molar-refractivity contribution in [1.29, 1.82) is 0 Å². The number of aliphatic hydroxyl groups is 1. The lowest BCUT2D eigenvalue weighted by atomic mass is 10.0. The summed E-state index contributed by atoms with van der Waals surface area (Å²) in [5, 5.41) is 12.3. The molecular weight excluding hydrogens is 296 g/mol. The molecule has 0 saturated carbocycles. The lowest BCUT2D eigenvalue weighted by Crippen LogP contribution is -2.53. The third-order valence-electron chi connectivity index (χ3n) is 3.87. The minimum atomic E-state index is -0.395. The maximum Gasteiger partial charge on any atom is 0.254 e. The van der Waals surface area contributed by atoms with Gasteiger partial charge in [-0.1, -0.05) is 24.3 Å². The second kappa shape index (κ2) is 5.19. The summed E-state index contributed by atoms with van der Waals surface area (Å²) in [6.45, 7) is 0.813. The SMILES string of the molecule is O=C(c1cc(-c2cccs2)nc2ccccc12)N1CC(O)C1. The van der Waals surface area contributed by atoms with E-state index >= 15 is 0 Å². The zero-order valence-corrected chi connectivity index (χ0v) is 12.6. The molecule has 1 fully saturated rings. The van der Waals surface area contributed by atoms with Crippen molar-refractivity contribution in [3.63, 3.8) is 0 Å². The molecule has 1 N–H and O–H groups in total. The van der Waals surface area contributed by atoms with E-state index in [4.69, 9.17) is 0 Å². The van der Waals surface area contributed by atoms with Gasteiger partial charge in [-0.15, -0.1) is 11.3 Å². The zero-order chi connectivity index (χ0) is 15.1. The molecule has 3 aromatic rings. The van der Waals surface area contributed by atoms with E-state index in [2.05, 4.69) is 4.98 Å². The Labute approximate surface area is 131 Å². The van der Waals surface area contributed by atoms with Gasteiger partial charge in [0.15, 0.2) is 0 Å². The smallest absolute Gasteiger partial charge is 0.254 e. The largest absolute Gasteiger partial charge is 0.389 e. The Bertz CT molecular complexity index is 839. The van der Waals surface area contributed by atoms with Gasteiger partial charge in [-0.3, -0.25) is 4.79 Å². The number of hydrogen-bond acceptors (Lipinski definition) is 4. The Morgan fingerprint density at radius 1 is 1.23 bits per heavy atom. The van der Waals surface area contributed by atoms with Crippen LogP contribution in [0.15, 0.2) is 47.8 Å². The normalized spacial score (nSPS) is 15.0. The maximum absolute atomic E-state index is 12.7. The van der Waals surface area contributed by atoms with Gasteiger partial charge in [0.2, 0.25) is 0 Å². The molecule has 1 amide bonds. The summed E-state index contributed by atoms with van der Waals surface area (Å²) in [6, 6.07) is 13.5. The molecule has 3 heterocycles. The van der Waals surface area contributed by atoms with Gasteiger partial charge in [0.05, 0.1) is 27.8 Å². The molecule has 22 heavy (non-hydrogen) atoms. The number of rotatable bonds is 2. The molecule has 110 valence electrons. The Balaban J connectivity index is 1.86. The lowest BCUT2D eigenvalue weighted by Gasteiger charge is -2.36. The number of benzene rings is 1. The molecule has 1 aliphatic rings. The number of amides is 1. The van der Waals surface area contributed by atoms with Crippen LogP contribution in [-0.2, 0) is 0 Å². The quantitative estimate of drug-likeness (QED) is 0.792. The van der Waals surface area contributed by atoms with Gasteiger partial charge in [-0.2, -0.15) is 0 Å². The van der Waals surface area contributed by atoms with Gasteiger partial charge in [0.25, 0.3) is 5.91 Å².